The highest BCUT2D eigenvalue weighted by Crippen LogP contribution is 2.26. The lowest BCUT2D eigenvalue weighted by Gasteiger charge is -2.27. The number of nitrogens with zero attached hydrogens (tertiary/aromatic N) is 1. The van der Waals surface area contributed by atoms with Crippen molar-refractivity contribution in [2.24, 2.45) is 0 Å². The van der Waals surface area contributed by atoms with E-state index in [-0.39, 0.29) is 23.4 Å². The molecule has 2 aromatic rings. The number of nitrogens with one attached hydrogen (secondary N) is 1. The maximum Gasteiger partial charge on any atom is 0.264 e. The second kappa shape index (κ2) is 9.10. The Morgan fingerprint density at radius 3 is 2.29 bits per heavy atom. The van der Waals surface area contributed by atoms with Crippen molar-refractivity contribution in [3.05, 3.63) is 54.6 Å². The molecule has 1 fully saturated rings. The summed E-state index contributed by atoms with van der Waals surface area (Å²) in [5.74, 6) is 0.328. The van der Waals surface area contributed by atoms with Crippen molar-refractivity contribution in [3.63, 3.8) is 0 Å². The van der Waals surface area contributed by atoms with Crippen LogP contribution in [-0.2, 0) is 14.8 Å². The highest BCUT2D eigenvalue weighted by Gasteiger charge is 2.28. The number of amides is 1. The summed E-state index contributed by atoms with van der Waals surface area (Å²) in [4.78, 5) is 12.8. The number of sulfonamides is 1. The molecule has 1 N–H and O–H groups in total. The van der Waals surface area contributed by atoms with Gasteiger partial charge in [0.05, 0.1) is 17.7 Å². The molecule has 0 unspecified atom stereocenters. The molecule has 150 valence electrons. The van der Waals surface area contributed by atoms with Crippen LogP contribution >= 0.6 is 0 Å². The van der Waals surface area contributed by atoms with Gasteiger partial charge in [-0.1, -0.05) is 37.5 Å². The van der Waals surface area contributed by atoms with Crippen molar-refractivity contribution in [2.75, 3.05) is 18.0 Å². The summed E-state index contributed by atoms with van der Waals surface area (Å²) in [5, 5.41) is 3.00. The summed E-state index contributed by atoms with van der Waals surface area (Å²) in [6.07, 6.45) is 5.26. The van der Waals surface area contributed by atoms with Crippen LogP contribution in [0.5, 0.6) is 5.75 Å². The Labute approximate surface area is 166 Å². The normalized spacial score (nSPS) is 15.0. The van der Waals surface area contributed by atoms with Crippen LogP contribution in [0.25, 0.3) is 0 Å². The third-order valence-electron chi connectivity index (χ3n) is 4.95. The second-order valence-corrected chi connectivity index (χ2v) is 8.79. The van der Waals surface area contributed by atoms with Crippen LogP contribution in [-0.4, -0.2) is 34.0 Å². The summed E-state index contributed by atoms with van der Waals surface area (Å²) in [7, 11) is -2.33. The van der Waals surface area contributed by atoms with Crippen LogP contribution < -0.4 is 14.4 Å². The number of ether oxygens (including phenoxy) is 1. The van der Waals surface area contributed by atoms with Gasteiger partial charge < -0.3 is 10.1 Å². The average molecular weight is 403 g/mol. The number of hydrogen-bond donors (Lipinski definition) is 1. The molecule has 1 aliphatic carbocycles. The fourth-order valence-electron chi connectivity index (χ4n) is 3.43. The molecule has 0 bridgehead atoms. The first kappa shape index (κ1) is 20.2. The Balaban J connectivity index is 1.86. The molecule has 0 spiro atoms. The van der Waals surface area contributed by atoms with Crippen LogP contribution in [0.1, 0.15) is 32.1 Å². The van der Waals surface area contributed by atoms with Crippen molar-refractivity contribution in [1.29, 1.82) is 0 Å². The van der Waals surface area contributed by atoms with E-state index < -0.39 is 10.0 Å². The summed E-state index contributed by atoms with van der Waals surface area (Å²) >= 11 is 0. The second-order valence-electron chi connectivity index (χ2n) is 6.93. The molecule has 6 nitrogen and oxygen atoms in total. The first-order valence-electron chi connectivity index (χ1n) is 9.52. The number of anilines is 1. The number of rotatable bonds is 7. The molecule has 0 heterocycles. The van der Waals surface area contributed by atoms with Gasteiger partial charge in [-0.25, -0.2) is 8.42 Å². The molecule has 7 heteroatoms. The first-order valence-corrected chi connectivity index (χ1v) is 11.0. The molecule has 3 rings (SSSR count). The van der Waals surface area contributed by atoms with Gasteiger partial charge in [-0.15, -0.1) is 0 Å². The minimum Gasteiger partial charge on any atom is -0.497 e. The molecule has 1 saturated carbocycles. The van der Waals surface area contributed by atoms with E-state index >= 15 is 0 Å². The van der Waals surface area contributed by atoms with Crippen LogP contribution in [0.4, 0.5) is 5.69 Å². The van der Waals surface area contributed by atoms with Gasteiger partial charge in [0.1, 0.15) is 12.3 Å². The fourth-order valence-corrected chi connectivity index (χ4v) is 4.88. The van der Waals surface area contributed by atoms with Crippen molar-refractivity contribution in [1.82, 2.24) is 5.32 Å². The van der Waals surface area contributed by atoms with Gasteiger partial charge in [-0.2, -0.15) is 0 Å². The van der Waals surface area contributed by atoms with E-state index in [1.54, 1.807) is 49.6 Å². The number of carbonyl (C=O) groups excluding carboxylic acids is 1. The monoisotopic (exact) mass is 402 g/mol. The number of benzene rings is 2. The van der Waals surface area contributed by atoms with E-state index in [1.165, 1.54) is 18.6 Å². The summed E-state index contributed by atoms with van der Waals surface area (Å²) in [6.45, 7) is -0.264. The Hall–Kier alpha value is -2.54. The minimum absolute atomic E-state index is 0.124. The topological polar surface area (TPSA) is 75.7 Å². The lowest BCUT2D eigenvalue weighted by atomic mass is 9.95. The quantitative estimate of drug-likeness (QED) is 0.771. The van der Waals surface area contributed by atoms with Crippen LogP contribution in [0, 0.1) is 0 Å². The SMILES string of the molecule is COc1ccc(N(CC(=O)NC2CCCCC2)S(=O)(=O)c2ccccc2)cc1. The van der Waals surface area contributed by atoms with E-state index in [4.69, 9.17) is 4.74 Å². The van der Waals surface area contributed by atoms with E-state index in [0.717, 1.165) is 30.0 Å². The molecule has 1 amide bonds. The molecule has 0 saturated heterocycles. The minimum atomic E-state index is -3.88. The zero-order valence-electron chi connectivity index (χ0n) is 16.0. The largest absolute Gasteiger partial charge is 0.497 e. The zero-order valence-corrected chi connectivity index (χ0v) is 16.8. The lowest BCUT2D eigenvalue weighted by Crippen LogP contribution is -2.44. The van der Waals surface area contributed by atoms with Crippen LogP contribution in [0.3, 0.4) is 0 Å². The standard InChI is InChI=1S/C21H26N2O4S/c1-27-19-14-12-18(13-15-19)23(28(25,26)20-10-6-3-7-11-20)16-21(24)22-17-8-4-2-5-9-17/h3,6-7,10-15,17H,2,4-5,8-9,16H2,1H3,(H,22,24). The predicted octanol–water partition coefficient (Wildman–Crippen LogP) is 3.34. The van der Waals surface area contributed by atoms with Crippen molar-refractivity contribution in [3.8, 4) is 5.75 Å². The summed E-state index contributed by atoms with van der Waals surface area (Å²) in [6, 6.07) is 14.9. The molecule has 0 aromatic heterocycles. The molecule has 1 aliphatic rings. The number of carbonyl (C=O) groups is 1. The molecular weight excluding hydrogens is 376 g/mol. The smallest absolute Gasteiger partial charge is 0.264 e. The molecular formula is C21H26N2O4S. The molecule has 2 aromatic carbocycles. The lowest BCUT2D eigenvalue weighted by molar-refractivity contribution is -0.120. The maximum absolute atomic E-state index is 13.2. The first-order chi connectivity index (χ1) is 13.5. The van der Waals surface area contributed by atoms with Gasteiger partial charge >= 0.3 is 0 Å². The Morgan fingerprint density at radius 1 is 1.04 bits per heavy atom. The Kier molecular flexibility index (Phi) is 6.57. The van der Waals surface area contributed by atoms with Crippen LogP contribution in [0.15, 0.2) is 59.5 Å². The van der Waals surface area contributed by atoms with Gasteiger partial charge in [-0.05, 0) is 49.2 Å². The molecule has 0 atom stereocenters. The van der Waals surface area contributed by atoms with E-state index in [9.17, 15) is 13.2 Å². The zero-order chi connectivity index (χ0) is 20.0. The van der Waals surface area contributed by atoms with E-state index in [1.807, 2.05) is 0 Å². The van der Waals surface area contributed by atoms with Gasteiger partial charge in [0, 0.05) is 6.04 Å². The Morgan fingerprint density at radius 2 is 1.68 bits per heavy atom. The Bertz CT molecular complexity index is 876. The number of methoxy groups -OCH3 is 1. The van der Waals surface area contributed by atoms with E-state index in [0.29, 0.717) is 11.4 Å². The molecule has 0 aliphatic heterocycles. The third kappa shape index (κ3) is 4.84. The summed E-state index contributed by atoms with van der Waals surface area (Å²) < 4.78 is 32.8. The highest BCUT2D eigenvalue weighted by molar-refractivity contribution is 7.92. The van der Waals surface area contributed by atoms with Gasteiger partial charge in [-0.3, -0.25) is 9.10 Å². The highest BCUT2D eigenvalue weighted by atomic mass is 32.2. The molecule has 0 radical (unpaired) electrons. The number of hydrogen-bond acceptors (Lipinski definition) is 4. The van der Waals surface area contributed by atoms with Gasteiger partial charge in [0.2, 0.25) is 5.91 Å². The third-order valence-corrected chi connectivity index (χ3v) is 6.74. The maximum atomic E-state index is 13.2. The average Bonchev–Trinajstić information content (AvgIpc) is 2.73. The van der Waals surface area contributed by atoms with Crippen LogP contribution in [0.2, 0.25) is 0 Å². The fraction of sp³-hybridized carbons (Fsp3) is 0.381. The van der Waals surface area contributed by atoms with Crippen molar-refractivity contribution in [2.45, 2.75) is 43.0 Å². The van der Waals surface area contributed by atoms with Gasteiger partial charge in [0.25, 0.3) is 10.0 Å². The van der Waals surface area contributed by atoms with Gasteiger partial charge in [0.15, 0.2) is 0 Å². The van der Waals surface area contributed by atoms with E-state index in [2.05, 4.69) is 5.32 Å². The van der Waals surface area contributed by atoms with Crippen molar-refractivity contribution < 1.29 is 17.9 Å². The summed E-state index contributed by atoms with van der Waals surface area (Å²) in [5.41, 5.74) is 0.420. The predicted molar refractivity (Wildman–Crippen MR) is 109 cm³/mol. The molecule has 28 heavy (non-hydrogen) atoms. The van der Waals surface area contributed by atoms with Crippen molar-refractivity contribution >= 4 is 21.6 Å².